The van der Waals surface area contributed by atoms with Gasteiger partial charge in [-0.1, -0.05) is 0 Å². The van der Waals surface area contributed by atoms with Gasteiger partial charge in [-0.15, -0.1) is 12.3 Å². The Hall–Kier alpha value is -1.01. The van der Waals surface area contributed by atoms with Gasteiger partial charge in [0.25, 0.3) is 0 Å². The molecule has 0 aromatic carbocycles. The van der Waals surface area contributed by atoms with Gasteiger partial charge in [-0.3, -0.25) is 4.79 Å². The van der Waals surface area contributed by atoms with E-state index >= 15 is 0 Å². The summed E-state index contributed by atoms with van der Waals surface area (Å²) in [4.78, 5) is 13.5. The number of likely N-dealkylation sites (tertiary alicyclic amines) is 1. The Morgan fingerprint density at radius 3 is 3.08 bits per heavy atom. The molecule has 0 aromatic heterocycles. The van der Waals surface area contributed by atoms with Gasteiger partial charge in [-0.05, 0) is 20.0 Å². The van der Waals surface area contributed by atoms with E-state index in [0.29, 0.717) is 18.9 Å². The SMILES string of the molecule is C#CCCC(=O)NC1CCN(C)C1. The first-order valence-corrected chi connectivity index (χ1v) is 4.63. The topological polar surface area (TPSA) is 32.3 Å². The van der Waals surface area contributed by atoms with Crippen molar-refractivity contribution in [2.75, 3.05) is 20.1 Å². The molecule has 0 spiro atoms. The van der Waals surface area contributed by atoms with Crippen molar-refractivity contribution in [3.05, 3.63) is 0 Å². The molecule has 1 fully saturated rings. The summed E-state index contributed by atoms with van der Waals surface area (Å²) in [5.41, 5.74) is 0. The van der Waals surface area contributed by atoms with Crippen molar-refractivity contribution in [2.24, 2.45) is 0 Å². The Labute approximate surface area is 79.5 Å². The zero-order chi connectivity index (χ0) is 9.68. The van der Waals surface area contributed by atoms with Crippen molar-refractivity contribution >= 4 is 5.91 Å². The molecule has 13 heavy (non-hydrogen) atoms. The van der Waals surface area contributed by atoms with Crippen molar-refractivity contribution in [1.82, 2.24) is 10.2 Å². The highest BCUT2D eigenvalue weighted by Gasteiger charge is 2.20. The van der Waals surface area contributed by atoms with E-state index in [1.54, 1.807) is 0 Å². The Kier molecular flexibility index (Phi) is 3.78. The lowest BCUT2D eigenvalue weighted by Crippen LogP contribution is -2.36. The molecule has 3 heteroatoms. The summed E-state index contributed by atoms with van der Waals surface area (Å²) in [6.45, 7) is 2.03. The fourth-order valence-electron chi connectivity index (χ4n) is 1.54. The van der Waals surface area contributed by atoms with Crippen LogP contribution in [0, 0.1) is 12.3 Å². The molecule has 0 aliphatic carbocycles. The van der Waals surface area contributed by atoms with Crippen molar-refractivity contribution in [2.45, 2.75) is 25.3 Å². The summed E-state index contributed by atoms with van der Waals surface area (Å²) < 4.78 is 0. The molecule has 0 radical (unpaired) electrons. The molecule has 1 amide bonds. The normalized spacial score (nSPS) is 22.6. The molecule has 1 unspecified atom stereocenters. The minimum atomic E-state index is 0.0817. The summed E-state index contributed by atoms with van der Waals surface area (Å²) in [6.07, 6.45) is 7.11. The van der Waals surface area contributed by atoms with Crippen LogP contribution < -0.4 is 5.32 Å². The first-order chi connectivity index (χ1) is 6.22. The van der Waals surface area contributed by atoms with Gasteiger partial charge in [0.1, 0.15) is 0 Å². The van der Waals surface area contributed by atoms with Gasteiger partial charge >= 0.3 is 0 Å². The minimum Gasteiger partial charge on any atom is -0.352 e. The average Bonchev–Trinajstić information content (AvgIpc) is 2.48. The van der Waals surface area contributed by atoms with Crippen LogP contribution in [0.2, 0.25) is 0 Å². The zero-order valence-electron chi connectivity index (χ0n) is 8.05. The summed E-state index contributed by atoms with van der Waals surface area (Å²) in [6, 6.07) is 0.329. The summed E-state index contributed by atoms with van der Waals surface area (Å²) in [7, 11) is 2.06. The van der Waals surface area contributed by atoms with E-state index in [0.717, 1.165) is 19.5 Å². The van der Waals surface area contributed by atoms with E-state index in [9.17, 15) is 4.79 Å². The van der Waals surface area contributed by atoms with E-state index in [4.69, 9.17) is 6.42 Å². The maximum absolute atomic E-state index is 11.2. The smallest absolute Gasteiger partial charge is 0.221 e. The molecule has 3 nitrogen and oxygen atoms in total. The average molecular weight is 180 g/mol. The van der Waals surface area contributed by atoms with Crippen LogP contribution in [0.25, 0.3) is 0 Å². The van der Waals surface area contributed by atoms with Gasteiger partial charge < -0.3 is 10.2 Å². The van der Waals surface area contributed by atoms with Crippen molar-refractivity contribution in [1.29, 1.82) is 0 Å². The van der Waals surface area contributed by atoms with Crippen LogP contribution in [0.4, 0.5) is 0 Å². The minimum absolute atomic E-state index is 0.0817. The summed E-state index contributed by atoms with van der Waals surface area (Å²) >= 11 is 0. The standard InChI is InChI=1S/C10H16N2O/c1-3-4-5-10(13)11-9-6-7-12(2)8-9/h1,9H,4-8H2,2H3,(H,11,13). The fraction of sp³-hybridized carbons (Fsp3) is 0.700. The fourth-order valence-corrected chi connectivity index (χ4v) is 1.54. The van der Waals surface area contributed by atoms with Gasteiger partial charge in [0, 0.05) is 25.4 Å². The number of hydrogen-bond donors (Lipinski definition) is 1. The van der Waals surface area contributed by atoms with E-state index < -0.39 is 0 Å². The number of terminal acetylenes is 1. The summed E-state index contributed by atoms with van der Waals surface area (Å²) in [5.74, 6) is 2.54. The first-order valence-electron chi connectivity index (χ1n) is 4.63. The molecule has 0 saturated carbocycles. The van der Waals surface area contributed by atoms with Crippen LogP contribution in [0.15, 0.2) is 0 Å². The first kappa shape index (κ1) is 10.1. The third kappa shape index (κ3) is 3.47. The second-order valence-electron chi connectivity index (χ2n) is 3.52. The number of nitrogens with zero attached hydrogens (tertiary/aromatic N) is 1. The second kappa shape index (κ2) is 4.88. The number of hydrogen-bond acceptors (Lipinski definition) is 2. The summed E-state index contributed by atoms with van der Waals surface area (Å²) in [5, 5.41) is 2.97. The van der Waals surface area contributed by atoms with Gasteiger partial charge in [-0.25, -0.2) is 0 Å². The van der Waals surface area contributed by atoms with E-state index in [1.807, 2.05) is 0 Å². The lowest BCUT2D eigenvalue weighted by molar-refractivity contribution is -0.121. The maximum Gasteiger partial charge on any atom is 0.221 e. The van der Waals surface area contributed by atoms with Crippen molar-refractivity contribution in [3.63, 3.8) is 0 Å². The third-order valence-electron chi connectivity index (χ3n) is 2.25. The Bertz CT molecular complexity index is 219. The number of carbonyl (C=O) groups excluding carboxylic acids is 1. The molecule has 72 valence electrons. The van der Waals surface area contributed by atoms with Crippen LogP contribution in [-0.2, 0) is 4.79 Å². The highest BCUT2D eigenvalue weighted by molar-refractivity contribution is 5.76. The van der Waals surface area contributed by atoms with E-state index in [2.05, 4.69) is 23.2 Å². The molecule has 1 heterocycles. The van der Waals surface area contributed by atoms with Gasteiger partial charge in [0.05, 0.1) is 0 Å². The van der Waals surface area contributed by atoms with Gasteiger partial charge in [-0.2, -0.15) is 0 Å². The monoisotopic (exact) mass is 180 g/mol. The molecular formula is C10H16N2O. The predicted octanol–water partition coefficient (Wildman–Crippen LogP) is 0.220. The van der Waals surface area contributed by atoms with E-state index in [1.165, 1.54) is 0 Å². The number of carbonyl (C=O) groups is 1. The number of likely N-dealkylation sites (N-methyl/N-ethyl adjacent to an activating group) is 1. The van der Waals surface area contributed by atoms with Crippen LogP contribution >= 0.6 is 0 Å². The Balaban J connectivity index is 2.18. The van der Waals surface area contributed by atoms with Crippen LogP contribution in [0.5, 0.6) is 0 Å². The highest BCUT2D eigenvalue weighted by atomic mass is 16.1. The number of amides is 1. The van der Waals surface area contributed by atoms with Crippen molar-refractivity contribution < 1.29 is 4.79 Å². The van der Waals surface area contributed by atoms with Crippen LogP contribution in [0.1, 0.15) is 19.3 Å². The predicted molar refractivity (Wildman–Crippen MR) is 52.1 cm³/mol. The quantitative estimate of drug-likeness (QED) is 0.630. The molecular weight excluding hydrogens is 164 g/mol. The number of rotatable bonds is 3. The van der Waals surface area contributed by atoms with Gasteiger partial charge in [0.15, 0.2) is 0 Å². The lowest BCUT2D eigenvalue weighted by Gasteiger charge is -2.11. The molecule has 1 aliphatic heterocycles. The van der Waals surface area contributed by atoms with E-state index in [-0.39, 0.29) is 5.91 Å². The second-order valence-corrected chi connectivity index (χ2v) is 3.52. The molecule has 1 atom stereocenters. The molecule has 1 rings (SSSR count). The van der Waals surface area contributed by atoms with Crippen LogP contribution in [-0.4, -0.2) is 37.0 Å². The van der Waals surface area contributed by atoms with Crippen LogP contribution in [0.3, 0.4) is 0 Å². The molecule has 1 N–H and O–H groups in total. The molecule has 1 aliphatic rings. The molecule has 1 saturated heterocycles. The maximum atomic E-state index is 11.2. The highest BCUT2D eigenvalue weighted by Crippen LogP contribution is 2.06. The molecule has 0 bridgehead atoms. The van der Waals surface area contributed by atoms with Crippen molar-refractivity contribution in [3.8, 4) is 12.3 Å². The Morgan fingerprint density at radius 1 is 1.77 bits per heavy atom. The third-order valence-corrected chi connectivity index (χ3v) is 2.25. The van der Waals surface area contributed by atoms with Gasteiger partial charge in [0.2, 0.25) is 5.91 Å². The zero-order valence-corrected chi connectivity index (χ0v) is 8.05. The number of nitrogens with one attached hydrogen (secondary N) is 1. The molecule has 0 aromatic rings. The largest absolute Gasteiger partial charge is 0.352 e. The Morgan fingerprint density at radius 2 is 2.54 bits per heavy atom. The lowest BCUT2D eigenvalue weighted by atomic mass is 10.2.